The molecular weight excluding hydrogens is 262 g/mol. The highest BCUT2D eigenvalue weighted by Crippen LogP contribution is 2.21. The Kier molecular flexibility index (Phi) is 8.07. The van der Waals surface area contributed by atoms with Gasteiger partial charge >= 0.3 is 0 Å². The fraction of sp³-hybridized carbons (Fsp3) is 0.600. The van der Waals surface area contributed by atoms with Gasteiger partial charge in [0.15, 0.2) is 0 Å². The van der Waals surface area contributed by atoms with Crippen LogP contribution in [0.1, 0.15) is 18.9 Å². The normalized spacial score (nSPS) is 14.3. The SMILES string of the molecule is COCCCOCCNC(C)(CCl)c1ccccc1. The summed E-state index contributed by atoms with van der Waals surface area (Å²) < 4.78 is 10.5. The third kappa shape index (κ3) is 5.91. The first-order valence-corrected chi connectivity index (χ1v) is 7.19. The van der Waals surface area contributed by atoms with E-state index >= 15 is 0 Å². The van der Waals surface area contributed by atoms with Crippen LogP contribution in [0, 0.1) is 0 Å². The fourth-order valence-corrected chi connectivity index (χ4v) is 2.09. The maximum Gasteiger partial charge on any atom is 0.0591 e. The van der Waals surface area contributed by atoms with Gasteiger partial charge in [-0.25, -0.2) is 0 Å². The summed E-state index contributed by atoms with van der Waals surface area (Å²) in [6.07, 6.45) is 0.932. The molecule has 108 valence electrons. The molecule has 19 heavy (non-hydrogen) atoms. The number of alkyl halides is 1. The Labute approximate surface area is 121 Å². The van der Waals surface area contributed by atoms with E-state index in [4.69, 9.17) is 21.1 Å². The standard InChI is InChI=1S/C15H24ClNO2/c1-15(13-16,14-7-4-3-5-8-14)17-9-12-19-11-6-10-18-2/h3-5,7-8,17H,6,9-13H2,1-2H3. The predicted molar refractivity (Wildman–Crippen MR) is 79.8 cm³/mol. The van der Waals surface area contributed by atoms with Crippen molar-refractivity contribution in [3.8, 4) is 0 Å². The Balaban J connectivity index is 2.29. The highest BCUT2D eigenvalue weighted by atomic mass is 35.5. The molecule has 3 nitrogen and oxygen atoms in total. The molecule has 0 aliphatic rings. The Morgan fingerprint density at radius 2 is 1.89 bits per heavy atom. The van der Waals surface area contributed by atoms with Crippen LogP contribution < -0.4 is 5.32 Å². The molecule has 0 fully saturated rings. The van der Waals surface area contributed by atoms with E-state index in [1.807, 2.05) is 18.2 Å². The molecule has 0 aliphatic carbocycles. The molecule has 0 amide bonds. The first-order chi connectivity index (χ1) is 9.23. The quantitative estimate of drug-likeness (QED) is 0.530. The van der Waals surface area contributed by atoms with E-state index in [2.05, 4.69) is 24.4 Å². The molecule has 1 unspecified atom stereocenters. The van der Waals surface area contributed by atoms with Crippen molar-refractivity contribution >= 4 is 11.6 Å². The lowest BCUT2D eigenvalue weighted by Gasteiger charge is -2.29. The van der Waals surface area contributed by atoms with E-state index in [1.54, 1.807) is 7.11 Å². The summed E-state index contributed by atoms with van der Waals surface area (Å²) in [5, 5.41) is 3.46. The molecule has 1 N–H and O–H groups in total. The highest BCUT2D eigenvalue weighted by molar-refractivity contribution is 6.18. The largest absolute Gasteiger partial charge is 0.385 e. The predicted octanol–water partition coefficient (Wildman–Crippen LogP) is 2.78. The number of benzene rings is 1. The molecule has 0 saturated heterocycles. The minimum Gasteiger partial charge on any atom is -0.385 e. The van der Waals surface area contributed by atoms with Gasteiger partial charge in [-0.3, -0.25) is 0 Å². The van der Waals surface area contributed by atoms with Crippen LogP contribution in [-0.4, -0.2) is 39.4 Å². The van der Waals surface area contributed by atoms with Crippen LogP contribution in [0.4, 0.5) is 0 Å². The Bertz CT molecular complexity index is 334. The molecule has 0 bridgehead atoms. The molecule has 0 saturated carbocycles. The third-order valence-corrected chi connectivity index (χ3v) is 3.61. The van der Waals surface area contributed by atoms with E-state index < -0.39 is 0 Å². The number of methoxy groups -OCH3 is 1. The van der Waals surface area contributed by atoms with E-state index in [-0.39, 0.29) is 5.54 Å². The lowest BCUT2D eigenvalue weighted by Crippen LogP contribution is -2.43. The first kappa shape index (κ1) is 16.4. The van der Waals surface area contributed by atoms with Gasteiger partial charge in [-0.1, -0.05) is 30.3 Å². The second kappa shape index (κ2) is 9.32. The monoisotopic (exact) mass is 285 g/mol. The third-order valence-electron chi connectivity index (χ3n) is 3.08. The molecule has 0 aliphatic heterocycles. The molecule has 0 heterocycles. The van der Waals surface area contributed by atoms with Crippen LogP contribution in [0.2, 0.25) is 0 Å². The number of hydrogen-bond acceptors (Lipinski definition) is 3. The van der Waals surface area contributed by atoms with Crippen molar-refractivity contribution in [3.63, 3.8) is 0 Å². The molecule has 1 rings (SSSR count). The Hall–Kier alpha value is -0.610. The maximum atomic E-state index is 6.10. The van der Waals surface area contributed by atoms with E-state index in [0.29, 0.717) is 12.5 Å². The molecule has 0 aromatic heterocycles. The fourth-order valence-electron chi connectivity index (χ4n) is 1.84. The average molecular weight is 286 g/mol. The summed E-state index contributed by atoms with van der Waals surface area (Å²) in [5.74, 6) is 0.528. The van der Waals surface area contributed by atoms with Gasteiger partial charge in [0.25, 0.3) is 0 Å². The smallest absolute Gasteiger partial charge is 0.0591 e. The summed E-state index contributed by atoms with van der Waals surface area (Å²) in [6, 6.07) is 10.3. The molecular formula is C15H24ClNO2. The summed E-state index contributed by atoms with van der Waals surface area (Å²) >= 11 is 6.10. The van der Waals surface area contributed by atoms with E-state index in [0.717, 1.165) is 26.2 Å². The molecule has 0 spiro atoms. The van der Waals surface area contributed by atoms with Crippen molar-refractivity contribution in [1.29, 1.82) is 0 Å². The average Bonchev–Trinajstić information content (AvgIpc) is 2.47. The van der Waals surface area contributed by atoms with E-state index in [1.165, 1.54) is 5.56 Å². The minimum absolute atomic E-state index is 0.210. The topological polar surface area (TPSA) is 30.5 Å². The van der Waals surface area contributed by atoms with Gasteiger partial charge in [-0.05, 0) is 18.9 Å². The van der Waals surface area contributed by atoms with Crippen molar-refractivity contribution in [3.05, 3.63) is 35.9 Å². The van der Waals surface area contributed by atoms with Gasteiger partial charge in [0.05, 0.1) is 12.1 Å². The second-order valence-electron chi connectivity index (χ2n) is 4.72. The number of rotatable bonds is 10. The zero-order chi connectivity index (χ0) is 14.0. The van der Waals surface area contributed by atoms with Gasteiger partial charge in [-0.2, -0.15) is 0 Å². The first-order valence-electron chi connectivity index (χ1n) is 6.66. The summed E-state index contributed by atoms with van der Waals surface area (Å²) in [7, 11) is 1.70. The molecule has 1 aromatic rings. The van der Waals surface area contributed by atoms with Crippen LogP contribution >= 0.6 is 11.6 Å². The number of halogens is 1. The van der Waals surface area contributed by atoms with Crippen molar-refractivity contribution < 1.29 is 9.47 Å². The van der Waals surface area contributed by atoms with Crippen molar-refractivity contribution in [2.45, 2.75) is 18.9 Å². The maximum absolute atomic E-state index is 6.10. The Morgan fingerprint density at radius 1 is 1.16 bits per heavy atom. The van der Waals surface area contributed by atoms with Crippen LogP contribution in [0.15, 0.2) is 30.3 Å². The number of hydrogen-bond donors (Lipinski definition) is 1. The van der Waals surface area contributed by atoms with Crippen molar-refractivity contribution in [1.82, 2.24) is 5.32 Å². The number of ether oxygens (including phenoxy) is 2. The molecule has 1 aromatic carbocycles. The zero-order valence-corrected chi connectivity index (χ0v) is 12.6. The van der Waals surface area contributed by atoms with Crippen LogP contribution in [0.5, 0.6) is 0 Å². The summed E-state index contributed by atoms with van der Waals surface area (Å²) in [5.41, 5.74) is 0.989. The van der Waals surface area contributed by atoms with Crippen LogP contribution in [0.25, 0.3) is 0 Å². The molecule has 4 heteroatoms. The Morgan fingerprint density at radius 3 is 2.53 bits per heavy atom. The highest BCUT2D eigenvalue weighted by Gasteiger charge is 2.24. The summed E-state index contributed by atoms with van der Waals surface area (Å²) in [4.78, 5) is 0. The molecule has 0 radical (unpaired) electrons. The van der Waals surface area contributed by atoms with Gasteiger partial charge in [0.1, 0.15) is 0 Å². The summed E-state index contributed by atoms with van der Waals surface area (Å²) in [6.45, 7) is 5.06. The van der Waals surface area contributed by atoms with Gasteiger partial charge < -0.3 is 14.8 Å². The van der Waals surface area contributed by atoms with E-state index in [9.17, 15) is 0 Å². The number of nitrogens with one attached hydrogen (secondary N) is 1. The van der Waals surface area contributed by atoms with Crippen LogP contribution in [-0.2, 0) is 15.0 Å². The van der Waals surface area contributed by atoms with Crippen LogP contribution in [0.3, 0.4) is 0 Å². The minimum atomic E-state index is -0.210. The van der Waals surface area contributed by atoms with Gasteiger partial charge in [-0.15, -0.1) is 11.6 Å². The second-order valence-corrected chi connectivity index (χ2v) is 4.98. The van der Waals surface area contributed by atoms with Gasteiger partial charge in [0.2, 0.25) is 0 Å². The zero-order valence-electron chi connectivity index (χ0n) is 11.8. The van der Waals surface area contributed by atoms with Gasteiger partial charge in [0, 0.05) is 32.7 Å². The van der Waals surface area contributed by atoms with Crippen molar-refractivity contribution in [2.24, 2.45) is 0 Å². The lowest BCUT2D eigenvalue weighted by molar-refractivity contribution is 0.101. The lowest BCUT2D eigenvalue weighted by atomic mass is 9.94. The molecule has 1 atom stereocenters. The van der Waals surface area contributed by atoms with Crippen molar-refractivity contribution in [2.75, 3.05) is 39.4 Å².